The molecule has 0 unspecified atom stereocenters. The van der Waals surface area contributed by atoms with Crippen molar-refractivity contribution in [3.63, 3.8) is 0 Å². The Morgan fingerprint density at radius 3 is 2.50 bits per heavy atom. The molecule has 2 heterocycles. The molecule has 0 bridgehead atoms. The van der Waals surface area contributed by atoms with E-state index in [9.17, 15) is 0 Å². The molecule has 0 saturated heterocycles. The highest BCUT2D eigenvalue weighted by molar-refractivity contribution is 5.50. The maximum atomic E-state index is 5.50. The summed E-state index contributed by atoms with van der Waals surface area (Å²) in [4.78, 5) is 8.95. The number of nitrogens with zero attached hydrogens (tertiary/aromatic N) is 4. The Morgan fingerprint density at radius 1 is 1.28 bits per heavy atom. The molecular weight excluding hydrogens is 228 g/mol. The van der Waals surface area contributed by atoms with Gasteiger partial charge in [0, 0.05) is 17.7 Å². The highest BCUT2D eigenvalue weighted by Crippen LogP contribution is 2.21. The molecule has 0 aliphatic carbocycles. The third kappa shape index (κ3) is 2.19. The van der Waals surface area contributed by atoms with E-state index in [2.05, 4.69) is 20.5 Å². The van der Waals surface area contributed by atoms with Crippen molar-refractivity contribution in [3.8, 4) is 5.82 Å². The van der Waals surface area contributed by atoms with Crippen molar-refractivity contribution in [2.75, 3.05) is 5.43 Å². The van der Waals surface area contributed by atoms with Crippen LogP contribution in [0.1, 0.15) is 36.7 Å². The van der Waals surface area contributed by atoms with Crippen LogP contribution in [0, 0.1) is 13.8 Å². The van der Waals surface area contributed by atoms with Crippen molar-refractivity contribution >= 4 is 5.82 Å². The average Bonchev–Trinajstić information content (AvgIpc) is 2.75. The van der Waals surface area contributed by atoms with Crippen LogP contribution in [-0.4, -0.2) is 19.7 Å². The van der Waals surface area contributed by atoms with Crippen LogP contribution < -0.4 is 11.3 Å². The van der Waals surface area contributed by atoms with Crippen LogP contribution in [0.15, 0.2) is 12.4 Å². The van der Waals surface area contributed by atoms with E-state index in [1.165, 1.54) is 0 Å². The van der Waals surface area contributed by atoms with E-state index in [1.807, 2.05) is 33.9 Å². The van der Waals surface area contributed by atoms with Crippen molar-refractivity contribution < 1.29 is 0 Å². The minimum atomic E-state index is 0.230. The Balaban J connectivity index is 2.61. The molecule has 0 radical (unpaired) electrons. The normalized spacial score (nSPS) is 11.0. The van der Waals surface area contributed by atoms with E-state index >= 15 is 0 Å². The van der Waals surface area contributed by atoms with Gasteiger partial charge in [-0.2, -0.15) is 5.10 Å². The van der Waals surface area contributed by atoms with Gasteiger partial charge in [-0.3, -0.25) is 0 Å². The summed E-state index contributed by atoms with van der Waals surface area (Å²) in [6, 6.07) is 0. The van der Waals surface area contributed by atoms with Gasteiger partial charge in [0.05, 0.1) is 6.20 Å². The number of anilines is 1. The smallest absolute Gasteiger partial charge is 0.162 e. The predicted molar refractivity (Wildman–Crippen MR) is 70.5 cm³/mol. The van der Waals surface area contributed by atoms with Crippen LogP contribution in [0.4, 0.5) is 5.82 Å². The second kappa shape index (κ2) is 4.73. The van der Waals surface area contributed by atoms with Crippen LogP contribution in [0.25, 0.3) is 5.82 Å². The lowest BCUT2D eigenvalue weighted by atomic mass is 10.2. The summed E-state index contributed by atoms with van der Waals surface area (Å²) >= 11 is 0. The summed E-state index contributed by atoms with van der Waals surface area (Å²) in [6.07, 6.45) is 3.73. The predicted octanol–water partition coefficient (Wildman–Crippen LogP) is 1.69. The van der Waals surface area contributed by atoms with Gasteiger partial charge >= 0.3 is 0 Å². The number of hydrazine groups is 1. The summed E-state index contributed by atoms with van der Waals surface area (Å²) < 4.78 is 1.75. The number of hydrogen-bond acceptors (Lipinski definition) is 5. The van der Waals surface area contributed by atoms with Crippen molar-refractivity contribution in [2.24, 2.45) is 5.84 Å². The molecule has 2 aromatic rings. The Kier molecular flexibility index (Phi) is 3.29. The molecule has 0 spiro atoms. The topological polar surface area (TPSA) is 81.7 Å². The van der Waals surface area contributed by atoms with Gasteiger partial charge in [-0.15, -0.1) is 0 Å². The lowest BCUT2D eigenvalue weighted by Gasteiger charge is -2.13. The van der Waals surface area contributed by atoms with Gasteiger partial charge in [0.2, 0.25) is 0 Å². The van der Waals surface area contributed by atoms with E-state index in [1.54, 1.807) is 10.9 Å². The monoisotopic (exact) mass is 246 g/mol. The molecule has 0 atom stereocenters. The Morgan fingerprint density at radius 2 is 2.00 bits per heavy atom. The molecule has 0 aliphatic heterocycles. The second-order valence-corrected chi connectivity index (χ2v) is 4.64. The van der Waals surface area contributed by atoms with Gasteiger partial charge in [0.15, 0.2) is 5.82 Å². The van der Waals surface area contributed by atoms with Crippen molar-refractivity contribution in [2.45, 2.75) is 33.6 Å². The Labute approximate surface area is 106 Å². The van der Waals surface area contributed by atoms with E-state index in [4.69, 9.17) is 5.84 Å². The summed E-state index contributed by atoms with van der Waals surface area (Å²) in [7, 11) is 0. The number of aromatic nitrogens is 4. The number of nitrogens with two attached hydrogens (primary N) is 1. The Bertz CT molecular complexity index is 558. The molecule has 6 nitrogen and oxygen atoms in total. The van der Waals surface area contributed by atoms with E-state index < -0.39 is 0 Å². The standard InChI is InChI=1S/C12H18N6/c1-7(2)10-15-11(17-13)9(4)12(16-10)18-6-8(3)5-14-18/h5-7H,13H2,1-4H3,(H,15,16,17). The number of aryl methyl sites for hydroxylation is 1. The van der Waals surface area contributed by atoms with Gasteiger partial charge < -0.3 is 5.43 Å². The Hall–Kier alpha value is -1.95. The van der Waals surface area contributed by atoms with Gasteiger partial charge in [-0.05, 0) is 19.4 Å². The zero-order valence-corrected chi connectivity index (χ0v) is 11.1. The lowest BCUT2D eigenvalue weighted by Crippen LogP contribution is -2.16. The lowest BCUT2D eigenvalue weighted by molar-refractivity contribution is 0.741. The largest absolute Gasteiger partial charge is 0.308 e. The molecule has 0 aliphatic rings. The maximum Gasteiger partial charge on any atom is 0.162 e. The summed E-state index contributed by atoms with van der Waals surface area (Å²) in [5.41, 5.74) is 4.58. The van der Waals surface area contributed by atoms with Crippen LogP contribution in [-0.2, 0) is 0 Å². The quantitative estimate of drug-likeness (QED) is 0.636. The van der Waals surface area contributed by atoms with Crippen molar-refractivity contribution in [1.82, 2.24) is 19.7 Å². The molecule has 18 heavy (non-hydrogen) atoms. The van der Waals surface area contributed by atoms with E-state index in [0.717, 1.165) is 22.8 Å². The first-order valence-electron chi connectivity index (χ1n) is 5.89. The fourth-order valence-corrected chi connectivity index (χ4v) is 1.67. The first-order valence-corrected chi connectivity index (χ1v) is 5.89. The van der Waals surface area contributed by atoms with Crippen LogP contribution in [0.5, 0.6) is 0 Å². The molecule has 96 valence electrons. The van der Waals surface area contributed by atoms with Gasteiger partial charge in [0.25, 0.3) is 0 Å². The zero-order chi connectivity index (χ0) is 13.3. The maximum absolute atomic E-state index is 5.50. The van der Waals surface area contributed by atoms with E-state index in [-0.39, 0.29) is 5.92 Å². The molecule has 2 aromatic heterocycles. The summed E-state index contributed by atoms with van der Waals surface area (Å²) in [5, 5.41) is 4.28. The third-order valence-corrected chi connectivity index (χ3v) is 2.72. The molecule has 6 heteroatoms. The highest BCUT2D eigenvalue weighted by atomic mass is 15.3. The van der Waals surface area contributed by atoms with Crippen LogP contribution in [0.3, 0.4) is 0 Å². The van der Waals surface area contributed by atoms with Gasteiger partial charge in [-0.25, -0.2) is 20.5 Å². The van der Waals surface area contributed by atoms with Crippen LogP contribution in [0.2, 0.25) is 0 Å². The van der Waals surface area contributed by atoms with Crippen molar-refractivity contribution in [1.29, 1.82) is 0 Å². The third-order valence-electron chi connectivity index (χ3n) is 2.72. The fraction of sp³-hybridized carbons (Fsp3) is 0.417. The van der Waals surface area contributed by atoms with Crippen LogP contribution >= 0.6 is 0 Å². The first kappa shape index (κ1) is 12.5. The summed E-state index contributed by atoms with van der Waals surface area (Å²) in [6.45, 7) is 8.00. The highest BCUT2D eigenvalue weighted by Gasteiger charge is 2.14. The SMILES string of the molecule is Cc1cnn(-c2nc(C(C)C)nc(NN)c2C)c1. The molecule has 0 aromatic carbocycles. The first-order chi connectivity index (χ1) is 8.52. The molecule has 0 fully saturated rings. The van der Waals surface area contributed by atoms with E-state index in [0.29, 0.717) is 5.82 Å². The molecular formula is C12H18N6. The molecule has 2 rings (SSSR count). The number of rotatable bonds is 3. The minimum Gasteiger partial charge on any atom is -0.308 e. The second-order valence-electron chi connectivity index (χ2n) is 4.64. The molecule has 0 amide bonds. The number of nitrogen functional groups attached to an aromatic ring is 1. The fourth-order valence-electron chi connectivity index (χ4n) is 1.67. The summed E-state index contributed by atoms with van der Waals surface area (Å²) in [5.74, 6) is 7.87. The molecule has 0 saturated carbocycles. The number of nitrogens with one attached hydrogen (secondary N) is 1. The molecule has 3 N–H and O–H groups in total. The van der Waals surface area contributed by atoms with Gasteiger partial charge in [0.1, 0.15) is 11.6 Å². The van der Waals surface area contributed by atoms with Gasteiger partial charge in [-0.1, -0.05) is 13.8 Å². The zero-order valence-electron chi connectivity index (χ0n) is 11.1. The average molecular weight is 246 g/mol. The van der Waals surface area contributed by atoms with Crippen molar-refractivity contribution in [3.05, 3.63) is 29.3 Å². The minimum absolute atomic E-state index is 0.230. The number of hydrogen-bond donors (Lipinski definition) is 2.